The topological polar surface area (TPSA) is 88.0 Å². The lowest BCUT2D eigenvalue weighted by Gasteiger charge is -2.28. The number of fused-ring (bicyclic) bond motifs is 3. The molecule has 2 aromatic rings. The Morgan fingerprint density at radius 3 is 2.81 bits per heavy atom. The van der Waals surface area contributed by atoms with Gasteiger partial charge in [-0.05, 0) is 56.2 Å². The normalized spacial score (nSPS) is 22.3. The smallest absolute Gasteiger partial charge is 0.311 e. The first kappa shape index (κ1) is 21.9. The van der Waals surface area contributed by atoms with E-state index >= 15 is 0 Å². The molecule has 4 atom stereocenters. The highest BCUT2D eigenvalue weighted by Crippen LogP contribution is 2.58. The highest BCUT2D eigenvalue weighted by molar-refractivity contribution is 6.30. The first-order chi connectivity index (χ1) is 14.6. The van der Waals surface area contributed by atoms with Crippen molar-refractivity contribution in [3.05, 3.63) is 58.4 Å². The maximum Gasteiger partial charge on any atom is 0.311 e. The second-order valence-corrected chi connectivity index (χ2v) is 9.23. The predicted molar refractivity (Wildman–Crippen MR) is 113 cm³/mol. The summed E-state index contributed by atoms with van der Waals surface area (Å²) in [6, 6.07) is 10.1. The van der Waals surface area contributed by atoms with Crippen LogP contribution in [0.4, 0.5) is 4.39 Å². The number of carboxylic acid groups (broad SMARTS) is 1. The van der Waals surface area contributed by atoms with Crippen LogP contribution in [0.1, 0.15) is 30.9 Å². The molecule has 0 aromatic heterocycles. The summed E-state index contributed by atoms with van der Waals surface area (Å²) >= 11 is 5.73. The Labute approximate surface area is 184 Å². The van der Waals surface area contributed by atoms with Gasteiger partial charge in [0.1, 0.15) is 42.0 Å². The molecule has 0 bridgehead atoms. The van der Waals surface area contributed by atoms with Crippen molar-refractivity contribution in [3.8, 4) is 11.5 Å². The van der Waals surface area contributed by atoms with Crippen molar-refractivity contribution in [2.75, 3.05) is 13.2 Å². The molecule has 1 saturated carbocycles. The molecule has 1 aliphatic carbocycles. The first-order valence-corrected chi connectivity index (χ1v) is 10.6. The van der Waals surface area contributed by atoms with Crippen LogP contribution in [0.5, 0.6) is 11.5 Å². The van der Waals surface area contributed by atoms with E-state index in [9.17, 15) is 19.4 Å². The number of benzene rings is 2. The average Bonchev–Trinajstić information content (AvgIpc) is 3.31. The minimum atomic E-state index is -0.850. The molecule has 0 amide bonds. The van der Waals surface area contributed by atoms with Crippen LogP contribution in [-0.4, -0.2) is 47.1 Å². The van der Waals surface area contributed by atoms with E-state index in [1.54, 1.807) is 24.3 Å². The quantitative estimate of drug-likeness (QED) is 0.544. The number of rotatable bonds is 9. The molecule has 0 radical (unpaired) electrons. The second kappa shape index (κ2) is 8.30. The van der Waals surface area contributed by atoms with Gasteiger partial charge in [-0.2, -0.15) is 0 Å². The number of aliphatic hydroxyl groups excluding tert-OH is 1. The lowest BCUT2D eigenvalue weighted by Crippen LogP contribution is -2.46. The van der Waals surface area contributed by atoms with E-state index in [0.29, 0.717) is 24.5 Å². The van der Waals surface area contributed by atoms with Crippen molar-refractivity contribution in [2.24, 2.45) is 5.92 Å². The van der Waals surface area contributed by atoms with Crippen molar-refractivity contribution in [2.45, 2.75) is 43.9 Å². The first-order valence-electron chi connectivity index (χ1n) is 10.2. The number of hydrogen-bond donors (Lipinski definition) is 3. The lowest BCUT2D eigenvalue weighted by atomic mass is 9.94. The predicted octanol–water partition coefficient (Wildman–Crippen LogP) is 3.39. The molecule has 3 N–H and O–H groups in total. The number of β-amino-alcohol motifs (C(OH)–C–C–N with tert-alkyl or cyclic N) is 1. The van der Waals surface area contributed by atoms with Gasteiger partial charge in [0.15, 0.2) is 0 Å². The van der Waals surface area contributed by atoms with Crippen LogP contribution >= 0.6 is 11.6 Å². The van der Waals surface area contributed by atoms with Crippen LogP contribution in [0.25, 0.3) is 0 Å². The highest BCUT2D eigenvalue weighted by Gasteiger charge is 2.63. The van der Waals surface area contributed by atoms with Gasteiger partial charge in [0.25, 0.3) is 0 Å². The van der Waals surface area contributed by atoms with Crippen LogP contribution in [0.15, 0.2) is 36.4 Å². The van der Waals surface area contributed by atoms with E-state index in [1.807, 2.05) is 13.8 Å². The molecule has 166 valence electrons. The number of carbonyl (C=O) groups is 1. The Hall–Kier alpha value is -2.35. The number of nitrogens with one attached hydrogen (secondary N) is 1. The third-order valence-electron chi connectivity index (χ3n) is 5.73. The summed E-state index contributed by atoms with van der Waals surface area (Å²) in [5.41, 5.74) is 1.28. The SMILES string of the molecule is CC(C)(Cc1ccc(Cl)c(F)c1)NCC(O)COc1ccc2c(c1)C1C(O2)C1C(=O)O. The van der Waals surface area contributed by atoms with Crippen LogP contribution in [0, 0.1) is 11.7 Å². The molecule has 6 nitrogen and oxygen atoms in total. The molecule has 1 heterocycles. The number of halogens is 2. The molecular weight excluding hydrogens is 425 g/mol. The zero-order chi connectivity index (χ0) is 22.3. The highest BCUT2D eigenvalue weighted by atomic mass is 35.5. The van der Waals surface area contributed by atoms with Crippen LogP contribution in [-0.2, 0) is 11.2 Å². The molecule has 31 heavy (non-hydrogen) atoms. The summed E-state index contributed by atoms with van der Waals surface area (Å²) in [6.45, 7) is 4.31. The number of aliphatic hydroxyl groups is 1. The van der Waals surface area contributed by atoms with Crippen LogP contribution < -0.4 is 14.8 Å². The third kappa shape index (κ3) is 4.79. The average molecular weight is 450 g/mol. The standard InChI is InChI=1S/C23H25ClFNO5/c1-23(2,9-12-3-5-16(24)17(25)7-12)26-10-13(27)11-30-14-4-6-18-15(8-14)19-20(22(28)29)21(19)31-18/h3-8,13,19-21,26-27H,9-11H2,1-2H3,(H,28,29). The summed E-state index contributed by atoms with van der Waals surface area (Å²) in [6.07, 6.45) is -0.479. The van der Waals surface area contributed by atoms with Gasteiger partial charge in [-0.3, -0.25) is 4.79 Å². The lowest BCUT2D eigenvalue weighted by molar-refractivity contribution is -0.139. The van der Waals surface area contributed by atoms with Gasteiger partial charge in [0.05, 0.1) is 5.02 Å². The number of hydrogen-bond acceptors (Lipinski definition) is 5. The summed E-state index contributed by atoms with van der Waals surface area (Å²) in [5.74, 6) is -0.653. The molecule has 0 spiro atoms. The maximum absolute atomic E-state index is 13.7. The van der Waals surface area contributed by atoms with E-state index < -0.39 is 23.8 Å². The van der Waals surface area contributed by atoms with E-state index in [2.05, 4.69) is 5.32 Å². The molecule has 8 heteroatoms. The number of ether oxygens (including phenoxy) is 2. The van der Waals surface area contributed by atoms with Crippen molar-refractivity contribution in [1.82, 2.24) is 5.32 Å². The monoisotopic (exact) mass is 449 g/mol. The van der Waals surface area contributed by atoms with Crippen molar-refractivity contribution in [3.63, 3.8) is 0 Å². The Morgan fingerprint density at radius 1 is 1.32 bits per heavy atom. The summed E-state index contributed by atoms with van der Waals surface area (Å²) < 4.78 is 25.0. The van der Waals surface area contributed by atoms with Crippen molar-refractivity contribution in [1.29, 1.82) is 0 Å². The van der Waals surface area contributed by atoms with Gasteiger partial charge < -0.3 is 25.0 Å². The fourth-order valence-corrected chi connectivity index (χ4v) is 4.21. The Morgan fingerprint density at radius 2 is 2.10 bits per heavy atom. The molecule has 2 aliphatic rings. The van der Waals surface area contributed by atoms with E-state index in [1.165, 1.54) is 12.1 Å². The fraction of sp³-hybridized carbons (Fsp3) is 0.435. The van der Waals surface area contributed by atoms with Gasteiger partial charge in [0.2, 0.25) is 0 Å². The number of aliphatic carboxylic acids is 1. The Kier molecular flexibility index (Phi) is 5.85. The van der Waals surface area contributed by atoms with E-state index in [0.717, 1.165) is 11.1 Å². The molecule has 2 aromatic carbocycles. The van der Waals surface area contributed by atoms with Crippen LogP contribution in [0.2, 0.25) is 5.02 Å². The third-order valence-corrected chi connectivity index (χ3v) is 6.04. The van der Waals surface area contributed by atoms with Gasteiger partial charge in [-0.25, -0.2) is 4.39 Å². The Bertz CT molecular complexity index is 998. The minimum Gasteiger partial charge on any atom is -0.491 e. The maximum atomic E-state index is 13.7. The second-order valence-electron chi connectivity index (χ2n) is 8.83. The number of carboxylic acids is 1. The zero-order valence-electron chi connectivity index (χ0n) is 17.3. The van der Waals surface area contributed by atoms with Gasteiger partial charge >= 0.3 is 5.97 Å². The molecule has 4 unspecified atom stereocenters. The van der Waals surface area contributed by atoms with Gasteiger partial charge in [0, 0.05) is 23.6 Å². The van der Waals surface area contributed by atoms with Crippen molar-refractivity contribution >= 4 is 17.6 Å². The molecular formula is C23H25ClFNO5. The largest absolute Gasteiger partial charge is 0.491 e. The molecule has 4 rings (SSSR count). The van der Waals surface area contributed by atoms with E-state index in [4.69, 9.17) is 21.1 Å². The Balaban J connectivity index is 1.26. The van der Waals surface area contributed by atoms with Gasteiger partial charge in [-0.1, -0.05) is 17.7 Å². The van der Waals surface area contributed by atoms with Crippen molar-refractivity contribution < 1.29 is 28.9 Å². The molecule has 0 saturated heterocycles. The summed E-state index contributed by atoms with van der Waals surface area (Å²) in [7, 11) is 0. The molecule has 1 fully saturated rings. The minimum absolute atomic E-state index is 0.0781. The van der Waals surface area contributed by atoms with Gasteiger partial charge in [-0.15, -0.1) is 0 Å². The molecule has 1 aliphatic heterocycles. The van der Waals surface area contributed by atoms with E-state index in [-0.39, 0.29) is 29.2 Å². The van der Waals surface area contributed by atoms with Crippen LogP contribution in [0.3, 0.4) is 0 Å². The zero-order valence-corrected chi connectivity index (χ0v) is 18.0. The summed E-state index contributed by atoms with van der Waals surface area (Å²) in [5, 5.41) is 22.9. The fourth-order valence-electron chi connectivity index (χ4n) is 4.09. The summed E-state index contributed by atoms with van der Waals surface area (Å²) in [4.78, 5) is 11.2.